The summed E-state index contributed by atoms with van der Waals surface area (Å²) in [7, 11) is -3.72. The zero-order valence-electron chi connectivity index (χ0n) is 11.4. The molecule has 0 spiro atoms. The second-order valence-electron chi connectivity index (χ2n) is 4.66. The highest BCUT2D eigenvalue weighted by Gasteiger charge is 2.20. The molecule has 5 nitrogen and oxygen atoms in total. The van der Waals surface area contributed by atoms with Crippen LogP contribution in [0, 0.1) is 12.8 Å². The standard InChI is InChI=1S/C13H18ClNO4S/c1-3-10(7-13(16)17)8-15-20(18,19)12-5-4-9(2)6-11(12)14/h4-6,10,15H,3,7-8H2,1-2H3,(H,16,17). The molecule has 0 saturated carbocycles. The summed E-state index contributed by atoms with van der Waals surface area (Å²) in [6, 6.07) is 4.68. The summed E-state index contributed by atoms with van der Waals surface area (Å²) in [5, 5.41) is 8.89. The number of halogens is 1. The molecule has 1 rings (SSSR count). The Bertz CT molecular complexity index is 586. The molecule has 0 bridgehead atoms. The number of hydrogen-bond donors (Lipinski definition) is 2. The topological polar surface area (TPSA) is 83.5 Å². The largest absolute Gasteiger partial charge is 0.481 e. The molecule has 0 heterocycles. The number of aliphatic carboxylic acids is 1. The third-order valence-electron chi connectivity index (χ3n) is 2.98. The zero-order chi connectivity index (χ0) is 15.3. The predicted octanol–water partition coefficient (Wildman–Crippen LogP) is 2.43. The molecule has 0 aliphatic heterocycles. The van der Waals surface area contributed by atoms with E-state index in [-0.39, 0.29) is 28.8 Å². The molecule has 0 aromatic heterocycles. The van der Waals surface area contributed by atoms with Gasteiger partial charge in [-0.1, -0.05) is 31.0 Å². The summed E-state index contributed by atoms with van der Waals surface area (Å²) >= 11 is 5.93. The van der Waals surface area contributed by atoms with E-state index in [1.807, 2.05) is 13.8 Å². The average Bonchev–Trinajstić information content (AvgIpc) is 2.33. The van der Waals surface area contributed by atoms with Gasteiger partial charge in [0.15, 0.2) is 0 Å². The first-order chi connectivity index (χ1) is 9.26. The minimum Gasteiger partial charge on any atom is -0.481 e. The molecule has 1 aromatic rings. The summed E-state index contributed by atoms with van der Waals surface area (Å²) < 4.78 is 26.7. The van der Waals surface area contributed by atoms with Gasteiger partial charge in [-0.3, -0.25) is 4.79 Å². The van der Waals surface area contributed by atoms with Crippen LogP contribution in [-0.2, 0) is 14.8 Å². The monoisotopic (exact) mass is 319 g/mol. The van der Waals surface area contributed by atoms with E-state index in [0.717, 1.165) is 5.56 Å². The van der Waals surface area contributed by atoms with Gasteiger partial charge in [-0.25, -0.2) is 13.1 Å². The van der Waals surface area contributed by atoms with Crippen LogP contribution in [0.2, 0.25) is 5.02 Å². The first kappa shape index (κ1) is 16.9. The van der Waals surface area contributed by atoms with Gasteiger partial charge in [-0.05, 0) is 30.5 Å². The maximum atomic E-state index is 12.1. The van der Waals surface area contributed by atoms with E-state index in [0.29, 0.717) is 6.42 Å². The van der Waals surface area contributed by atoms with Crippen molar-refractivity contribution >= 4 is 27.6 Å². The Labute approximate surface area is 124 Å². The van der Waals surface area contributed by atoms with Gasteiger partial charge in [0.05, 0.1) is 5.02 Å². The fourth-order valence-corrected chi connectivity index (χ4v) is 3.45. The van der Waals surface area contributed by atoms with Crippen molar-refractivity contribution in [3.8, 4) is 0 Å². The molecular formula is C13H18ClNO4S. The minimum atomic E-state index is -3.72. The maximum absolute atomic E-state index is 12.1. The van der Waals surface area contributed by atoms with Gasteiger partial charge in [0, 0.05) is 13.0 Å². The number of sulfonamides is 1. The van der Waals surface area contributed by atoms with Crippen LogP contribution in [0.4, 0.5) is 0 Å². The van der Waals surface area contributed by atoms with Crippen LogP contribution in [0.5, 0.6) is 0 Å². The lowest BCUT2D eigenvalue weighted by atomic mass is 10.0. The lowest BCUT2D eigenvalue weighted by Gasteiger charge is -2.14. The van der Waals surface area contributed by atoms with Crippen LogP contribution in [0.25, 0.3) is 0 Å². The van der Waals surface area contributed by atoms with Gasteiger partial charge in [-0.2, -0.15) is 0 Å². The van der Waals surface area contributed by atoms with Crippen molar-refractivity contribution in [1.29, 1.82) is 0 Å². The smallest absolute Gasteiger partial charge is 0.303 e. The lowest BCUT2D eigenvalue weighted by Crippen LogP contribution is -2.30. The zero-order valence-corrected chi connectivity index (χ0v) is 13.0. The first-order valence-electron chi connectivity index (χ1n) is 6.24. The molecule has 0 aliphatic rings. The van der Waals surface area contributed by atoms with E-state index in [2.05, 4.69) is 4.72 Å². The molecule has 112 valence electrons. The van der Waals surface area contributed by atoms with E-state index in [9.17, 15) is 13.2 Å². The van der Waals surface area contributed by atoms with Gasteiger partial charge in [-0.15, -0.1) is 0 Å². The van der Waals surface area contributed by atoms with Gasteiger partial charge < -0.3 is 5.11 Å². The Morgan fingerprint density at radius 3 is 2.60 bits per heavy atom. The summed E-state index contributed by atoms with van der Waals surface area (Å²) in [5.74, 6) is -1.18. The van der Waals surface area contributed by atoms with Crippen LogP contribution >= 0.6 is 11.6 Å². The molecule has 0 radical (unpaired) electrons. The van der Waals surface area contributed by atoms with Gasteiger partial charge >= 0.3 is 5.97 Å². The number of carboxylic acids is 1. The number of carbonyl (C=O) groups is 1. The molecule has 20 heavy (non-hydrogen) atoms. The van der Waals surface area contributed by atoms with E-state index in [4.69, 9.17) is 16.7 Å². The minimum absolute atomic E-state index is 0.00921. The van der Waals surface area contributed by atoms with Gasteiger partial charge in [0.2, 0.25) is 10.0 Å². The summed E-state index contributed by atoms with van der Waals surface area (Å²) in [5.41, 5.74) is 0.867. The maximum Gasteiger partial charge on any atom is 0.303 e. The molecule has 1 unspecified atom stereocenters. The summed E-state index contributed by atoms with van der Waals surface area (Å²) in [6.07, 6.45) is 0.511. The van der Waals surface area contributed by atoms with Crippen LogP contribution < -0.4 is 4.72 Å². The van der Waals surface area contributed by atoms with Gasteiger partial charge in [0.1, 0.15) is 4.90 Å². The Morgan fingerprint density at radius 2 is 2.10 bits per heavy atom. The fraction of sp³-hybridized carbons (Fsp3) is 0.462. The third-order valence-corrected chi connectivity index (χ3v) is 4.89. The van der Waals surface area contributed by atoms with Crippen molar-refractivity contribution in [1.82, 2.24) is 4.72 Å². The predicted molar refractivity (Wildman–Crippen MR) is 77.4 cm³/mol. The van der Waals surface area contributed by atoms with Crippen LogP contribution in [-0.4, -0.2) is 26.0 Å². The Balaban J connectivity index is 2.82. The van der Waals surface area contributed by atoms with Crippen LogP contribution in [0.1, 0.15) is 25.3 Å². The van der Waals surface area contributed by atoms with Crippen molar-refractivity contribution in [2.75, 3.05) is 6.54 Å². The highest BCUT2D eigenvalue weighted by molar-refractivity contribution is 7.89. The number of aryl methyl sites for hydroxylation is 1. The molecule has 2 N–H and O–H groups in total. The third kappa shape index (κ3) is 4.77. The van der Waals surface area contributed by atoms with Crippen LogP contribution in [0.15, 0.2) is 23.1 Å². The molecule has 7 heteroatoms. The second kappa shape index (κ2) is 7.06. The highest BCUT2D eigenvalue weighted by atomic mass is 35.5. The molecule has 0 saturated heterocycles. The number of benzene rings is 1. The van der Waals surface area contributed by atoms with E-state index >= 15 is 0 Å². The number of carboxylic acid groups (broad SMARTS) is 1. The Morgan fingerprint density at radius 1 is 1.45 bits per heavy atom. The van der Waals surface area contributed by atoms with E-state index < -0.39 is 16.0 Å². The molecule has 0 amide bonds. The first-order valence-corrected chi connectivity index (χ1v) is 8.10. The number of nitrogens with one attached hydrogen (secondary N) is 1. The average molecular weight is 320 g/mol. The quantitative estimate of drug-likeness (QED) is 0.808. The molecule has 0 aliphatic carbocycles. The molecule has 1 aromatic carbocycles. The van der Waals surface area contributed by atoms with Crippen molar-refractivity contribution < 1.29 is 18.3 Å². The molecular weight excluding hydrogens is 302 g/mol. The Kier molecular flexibility index (Phi) is 5.98. The molecule has 1 atom stereocenters. The number of hydrogen-bond acceptors (Lipinski definition) is 3. The van der Waals surface area contributed by atoms with Crippen LogP contribution in [0.3, 0.4) is 0 Å². The van der Waals surface area contributed by atoms with E-state index in [1.165, 1.54) is 6.07 Å². The summed E-state index contributed by atoms with van der Waals surface area (Å²) in [4.78, 5) is 10.7. The van der Waals surface area contributed by atoms with Crippen molar-refractivity contribution in [2.24, 2.45) is 5.92 Å². The highest BCUT2D eigenvalue weighted by Crippen LogP contribution is 2.22. The number of rotatable bonds is 7. The van der Waals surface area contributed by atoms with E-state index in [1.54, 1.807) is 12.1 Å². The van der Waals surface area contributed by atoms with Crippen molar-refractivity contribution in [2.45, 2.75) is 31.6 Å². The lowest BCUT2D eigenvalue weighted by molar-refractivity contribution is -0.138. The van der Waals surface area contributed by atoms with Crippen molar-refractivity contribution in [3.63, 3.8) is 0 Å². The van der Waals surface area contributed by atoms with Crippen molar-refractivity contribution in [3.05, 3.63) is 28.8 Å². The fourth-order valence-electron chi connectivity index (χ4n) is 1.74. The molecule has 0 fully saturated rings. The van der Waals surface area contributed by atoms with Gasteiger partial charge in [0.25, 0.3) is 0 Å². The SMILES string of the molecule is CCC(CNS(=O)(=O)c1ccc(C)cc1Cl)CC(=O)O. The normalized spacial score (nSPS) is 13.2. The Hall–Kier alpha value is -1.11. The second-order valence-corrected chi connectivity index (χ2v) is 6.80. The summed E-state index contributed by atoms with van der Waals surface area (Å²) in [6.45, 7) is 3.71.